The van der Waals surface area contributed by atoms with Gasteiger partial charge in [0.1, 0.15) is 6.23 Å². The van der Waals surface area contributed by atoms with E-state index in [1.54, 1.807) is 11.8 Å². The molecule has 3 unspecified atom stereocenters. The number of thioether (sulfide) groups is 1. The number of aliphatic hydroxyl groups is 1. The Bertz CT molecular complexity index is 578. The molecule has 2 aromatic rings. The van der Waals surface area contributed by atoms with E-state index in [0.717, 1.165) is 22.3 Å². The molecule has 0 amide bonds. The summed E-state index contributed by atoms with van der Waals surface area (Å²) in [5.74, 6) is 0. The van der Waals surface area contributed by atoms with E-state index < -0.39 is 0 Å². The Morgan fingerprint density at radius 3 is 3.00 bits per heavy atom. The molecular weight excluding hydrogens is 260 g/mol. The molecule has 1 aliphatic rings. The lowest BCUT2D eigenvalue weighted by Gasteiger charge is -2.14. The highest BCUT2D eigenvalue weighted by Crippen LogP contribution is 2.33. The summed E-state index contributed by atoms with van der Waals surface area (Å²) in [6, 6.07) is 12.1. The van der Waals surface area contributed by atoms with E-state index in [0.29, 0.717) is 0 Å². The molecule has 3 rings (SSSR count). The second-order valence-corrected chi connectivity index (χ2v) is 5.89. The number of aliphatic hydroxyl groups excluding tert-OH is 1. The van der Waals surface area contributed by atoms with Crippen LogP contribution < -0.4 is 5.73 Å². The highest BCUT2D eigenvalue weighted by molar-refractivity contribution is 7.99. The van der Waals surface area contributed by atoms with Gasteiger partial charge in [0.05, 0.1) is 23.3 Å². The third-order valence-electron chi connectivity index (χ3n) is 3.25. The maximum absolute atomic E-state index is 9.29. The normalized spacial score (nSPS) is 26.9. The average Bonchev–Trinajstić information content (AvgIpc) is 2.78. The number of pyridine rings is 1. The molecule has 0 spiro atoms. The lowest BCUT2D eigenvalue weighted by molar-refractivity contribution is 0.0161. The molecule has 2 heterocycles. The Labute approximate surface area is 116 Å². The minimum Gasteiger partial charge on any atom is -0.394 e. The summed E-state index contributed by atoms with van der Waals surface area (Å²) in [4.78, 5) is 4.62. The zero-order chi connectivity index (χ0) is 13.2. The van der Waals surface area contributed by atoms with Crippen molar-refractivity contribution in [3.8, 4) is 0 Å². The Morgan fingerprint density at radius 2 is 2.16 bits per heavy atom. The number of para-hydroxylation sites is 1. The molecule has 0 saturated carbocycles. The Morgan fingerprint density at radius 1 is 1.32 bits per heavy atom. The molecule has 1 saturated heterocycles. The Hall–Kier alpha value is -1.14. The zero-order valence-electron chi connectivity index (χ0n) is 10.4. The van der Waals surface area contributed by atoms with Crippen LogP contribution in [0.2, 0.25) is 0 Å². The molecule has 0 aliphatic carbocycles. The van der Waals surface area contributed by atoms with Gasteiger partial charge in [-0.15, -0.1) is 11.8 Å². The summed E-state index contributed by atoms with van der Waals surface area (Å²) in [6.45, 7) is -0.00104. The van der Waals surface area contributed by atoms with Gasteiger partial charge in [-0.3, -0.25) is 0 Å². The molecule has 19 heavy (non-hydrogen) atoms. The van der Waals surface area contributed by atoms with Crippen molar-refractivity contribution in [2.45, 2.75) is 29.0 Å². The van der Waals surface area contributed by atoms with E-state index in [1.807, 2.05) is 30.3 Å². The first kappa shape index (κ1) is 12.9. The third kappa shape index (κ3) is 2.74. The molecule has 0 bridgehead atoms. The Balaban J connectivity index is 1.81. The molecule has 1 aromatic carbocycles. The van der Waals surface area contributed by atoms with Crippen LogP contribution in [0.25, 0.3) is 10.9 Å². The number of nitrogens with two attached hydrogens (primary N) is 1. The van der Waals surface area contributed by atoms with Crippen LogP contribution >= 0.6 is 11.8 Å². The second kappa shape index (κ2) is 5.46. The van der Waals surface area contributed by atoms with Gasteiger partial charge in [0.2, 0.25) is 0 Å². The van der Waals surface area contributed by atoms with Crippen LogP contribution in [0.15, 0.2) is 41.4 Å². The Kier molecular flexibility index (Phi) is 3.70. The fourth-order valence-corrected chi connectivity index (χ4v) is 3.50. The summed E-state index contributed by atoms with van der Waals surface area (Å²) < 4.78 is 5.46. The van der Waals surface area contributed by atoms with Crippen LogP contribution in [-0.4, -0.2) is 34.3 Å². The highest BCUT2D eigenvalue weighted by atomic mass is 32.2. The van der Waals surface area contributed by atoms with E-state index in [4.69, 9.17) is 10.5 Å². The molecule has 100 valence electrons. The second-order valence-electron chi connectivity index (χ2n) is 4.63. The van der Waals surface area contributed by atoms with Gasteiger partial charge in [0.15, 0.2) is 0 Å². The molecular formula is C14H16N2O2S. The topological polar surface area (TPSA) is 68.4 Å². The van der Waals surface area contributed by atoms with Crippen LogP contribution in [0.3, 0.4) is 0 Å². The molecule has 5 heteroatoms. The number of hydrogen-bond acceptors (Lipinski definition) is 5. The summed E-state index contributed by atoms with van der Waals surface area (Å²) in [5, 5.41) is 11.5. The SMILES string of the molecule is NC1CC(Sc2ccc3ccccc3n2)C(CO)O1. The quantitative estimate of drug-likeness (QED) is 0.894. The van der Waals surface area contributed by atoms with Crippen LogP contribution in [-0.2, 0) is 4.74 Å². The lowest BCUT2D eigenvalue weighted by Crippen LogP contribution is -2.24. The molecule has 1 aromatic heterocycles. The van der Waals surface area contributed by atoms with Gasteiger partial charge in [-0.05, 0) is 12.1 Å². The number of rotatable bonds is 3. The predicted molar refractivity (Wildman–Crippen MR) is 75.9 cm³/mol. The van der Waals surface area contributed by atoms with Gasteiger partial charge in [-0.2, -0.15) is 0 Å². The van der Waals surface area contributed by atoms with Gasteiger partial charge < -0.3 is 15.6 Å². The molecule has 1 aliphatic heterocycles. The van der Waals surface area contributed by atoms with Gasteiger partial charge in [-0.1, -0.05) is 24.3 Å². The van der Waals surface area contributed by atoms with Crippen molar-refractivity contribution in [3.05, 3.63) is 36.4 Å². The van der Waals surface area contributed by atoms with Crippen molar-refractivity contribution in [2.24, 2.45) is 5.73 Å². The number of fused-ring (bicyclic) bond motifs is 1. The van der Waals surface area contributed by atoms with E-state index in [2.05, 4.69) is 11.1 Å². The number of ether oxygens (including phenoxy) is 1. The molecule has 3 atom stereocenters. The van der Waals surface area contributed by atoms with Crippen molar-refractivity contribution in [1.82, 2.24) is 4.98 Å². The fourth-order valence-electron chi connectivity index (χ4n) is 2.30. The minimum absolute atomic E-state index is 0.00104. The largest absolute Gasteiger partial charge is 0.394 e. The van der Waals surface area contributed by atoms with Crippen LogP contribution in [0.4, 0.5) is 0 Å². The van der Waals surface area contributed by atoms with E-state index in [-0.39, 0.29) is 24.2 Å². The number of aromatic nitrogens is 1. The summed E-state index contributed by atoms with van der Waals surface area (Å²) in [7, 11) is 0. The lowest BCUT2D eigenvalue weighted by atomic mass is 10.2. The van der Waals surface area contributed by atoms with Crippen molar-refractivity contribution in [3.63, 3.8) is 0 Å². The molecule has 4 nitrogen and oxygen atoms in total. The van der Waals surface area contributed by atoms with Crippen LogP contribution in [0.5, 0.6) is 0 Å². The van der Waals surface area contributed by atoms with Gasteiger partial charge in [-0.25, -0.2) is 4.98 Å². The fraction of sp³-hybridized carbons (Fsp3) is 0.357. The number of hydrogen-bond donors (Lipinski definition) is 2. The van der Waals surface area contributed by atoms with Gasteiger partial charge in [0.25, 0.3) is 0 Å². The van der Waals surface area contributed by atoms with E-state index in [9.17, 15) is 5.11 Å². The van der Waals surface area contributed by atoms with Crippen LogP contribution in [0, 0.1) is 0 Å². The van der Waals surface area contributed by atoms with E-state index in [1.165, 1.54) is 0 Å². The molecule has 3 N–H and O–H groups in total. The van der Waals surface area contributed by atoms with Crippen molar-refractivity contribution in [2.75, 3.05) is 6.61 Å². The summed E-state index contributed by atoms with van der Waals surface area (Å²) in [6.07, 6.45) is 0.257. The van der Waals surface area contributed by atoms with Gasteiger partial charge in [0, 0.05) is 17.1 Å². The standard InChI is InChI=1S/C14H16N2O2S/c15-13-7-12(11(8-17)18-13)19-14-6-5-9-3-1-2-4-10(9)16-14/h1-6,11-13,17H,7-8,15H2. The number of benzene rings is 1. The maximum atomic E-state index is 9.29. The monoisotopic (exact) mass is 276 g/mol. The smallest absolute Gasteiger partial charge is 0.107 e. The average molecular weight is 276 g/mol. The highest BCUT2D eigenvalue weighted by Gasteiger charge is 2.33. The minimum atomic E-state index is -0.282. The maximum Gasteiger partial charge on any atom is 0.107 e. The van der Waals surface area contributed by atoms with Crippen molar-refractivity contribution >= 4 is 22.7 Å². The van der Waals surface area contributed by atoms with Crippen molar-refractivity contribution < 1.29 is 9.84 Å². The predicted octanol–water partition coefficient (Wildman–Crippen LogP) is 1.76. The summed E-state index contributed by atoms with van der Waals surface area (Å²) >= 11 is 1.63. The molecule has 0 radical (unpaired) electrons. The van der Waals surface area contributed by atoms with Crippen molar-refractivity contribution in [1.29, 1.82) is 0 Å². The zero-order valence-corrected chi connectivity index (χ0v) is 11.2. The first-order chi connectivity index (χ1) is 9.26. The van der Waals surface area contributed by atoms with Gasteiger partial charge >= 0.3 is 0 Å². The first-order valence-electron chi connectivity index (χ1n) is 6.30. The van der Waals surface area contributed by atoms with E-state index >= 15 is 0 Å². The number of nitrogens with zero attached hydrogens (tertiary/aromatic N) is 1. The summed E-state index contributed by atoms with van der Waals surface area (Å²) in [5.41, 5.74) is 6.75. The molecule has 1 fully saturated rings. The first-order valence-corrected chi connectivity index (χ1v) is 7.18. The third-order valence-corrected chi connectivity index (χ3v) is 4.52. The van der Waals surface area contributed by atoms with Crippen LogP contribution in [0.1, 0.15) is 6.42 Å².